The smallest absolute Gasteiger partial charge is 0.337 e. The Labute approximate surface area is 115 Å². The van der Waals surface area contributed by atoms with E-state index >= 15 is 0 Å². The van der Waals surface area contributed by atoms with E-state index in [4.69, 9.17) is 0 Å². The molecule has 0 spiro atoms. The van der Waals surface area contributed by atoms with Crippen LogP contribution in [0, 0.1) is 0 Å². The van der Waals surface area contributed by atoms with Crippen LogP contribution in [0.1, 0.15) is 18.0 Å². The number of nitrogens with zero attached hydrogens (tertiary/aromatic N) is 2. The molecule has 0 aliphatic rings. The van der Waals surface area contributed by atoms with Crippen LogP contribution in [0.15, 0.2) is 49.1 Å². The summed E-state index contributed by atoms with van der Waals surface area (Å²) in [5.41, 5.74) is 0.239. The zero-order valence-corrected chi connectivity index (χ0v) is 10.8. The van der Waals surface area contributed by atoms with E-state index in [1.807, 2.05) is 4.57 Å². The van der Waals surface area contributed by atoms with Gasteiger partial charge >= 0.3 is 6.18 Å². The van der Waals surface area contributed by atoms with Crippen molar-refractivity contribution in [3.8, 4) is 0 Å². The Hall–Kier alpha value is -1.82. The lowest BCUT2D eigenvalue weighted by atomic mass is 10.1. The molecular formula is C14H16F3N3. The molecule has 20 heavy (non-hydrogen) atoms. The van der Waals surface area contributed by atoms with Gasteiger partial charge in [-0.05, 0) is 18.5 Å². The molecule has 1 atom stereocenters. The maximum Gasteiger partial charge on any atom is 0.407 e. The minimum atomic E-state index is -4.30. The minimum Gasteiger partial charge on any atom is -0.337 e. The summed E-state index contributed by atoms with van der Waals surface area (Å²) in [6.45, 7) is 0.934. The molecule has 1 aromatic carbocycles. The van der Waals surface area contributed by atoms with Gasteiger partial charge in [-0.3, -0.25) is 0 Å². The van der Waals surface area contributed by atoms with Gasteiger partial charge in [-0.1, -0.05) is 30.3 Å². The van der Waals surface area contributed by atoms with Gasteiger partial charge in [0.2, 0.25) is 0 Å². The number of halogens is 3. The Kier molecular flexibility index (Phi) is 4.79. The molecule has 0 saturated heterocycles. The molecule has 0 aliphatic carbocycles. The SMILES string of the molecule is FC(F)(F)[C@@H](NCCCn1ccnc1)c1ccccc1. The van der Waals surface area contributed by atoms with E-state index in [1.54, 1.807) is 36.9 Å². The number of hydrogen-bond acceptors (Lipinski definition) is 2. The number of rotatable bonds is 6. The number of aryl methyl sites for hydroxylation is 1. The maximum absolute atomic E-state index is 13.0. The highest BCUT2D eigenvalue weighted by atomic mass is 19.4. The zero-order chi connectivity index (χ0) is 14.4. The Balaban J connectivity index is 1.89. The second-order valence-corrected chi connectivity index (χ2v) is 4.49. The topological polar surface area (TPSA) is 29.9 Å². The van der Waals surface area contributed by atoms with Crippen molar-refractivity contribution in [2.45, 2.75) is 25.2 Å². The first-order valence-corrected chi connectivity index (χ1v) is 6.38. The van der Waals surface area contributed by atoms with E-state index in [0.29, 0.717) is 13.0 Å². The van der Waals surface area contributed by atoms with Crippen molar-refractivity contribution in [3.05, 3.63) is 54.6 Å². The lowest BCUT2D eigenvalue weighted by Gasteiger charge is -2.22. The largest absolute Gasteiger partial charge is 0.407 e. The van der Waals surface area contributed by atoms with E-state index in [-0.39, 0.29) is 12.1 Å². The van der Waals surface area contributed by atoms with E-state index in [1.165, 1.54) is 12.1 Å². The number of hydrogen-bond donors (Lipinski definition) is 1. The lowest BCUT2D eigenvalue weighted by Crippen LogP contribution is -2.35. The summed E-state index contributed by atoms with van der Waals surface area (Å²) in [5, 5.41) is 2.58. The van der Waals surface area contributed by atoms with Crippen molar-refractivity contribution >= 4 is 0 Å². The average Bonchev–Trinajstić information content (AvgIpc) is 2.91. The second-order valence-electron chi connectivity index (χ2n) is 4.49. The van der Waals surface area contributed by atoms with Crippen molar-refractivity contribution in [2.24, 2.45) is 0 Å². The van der Waals surface area contributed by atoms with E-state index in [0.717, 1.165) is 0 Å². The standard InChI is InChI=1S/C14H16F3N3/c15-14(16,17)13(12-5-2-1-3-6-12)19-7-4-9-20-10-8-18-11-20/h1-3,5-6,8,10-11,13,19H,4,7,9H2/t13-/m0/s1. The highest BCUT2D eigenvalue weighted by molar-refractivity contribution is 5.20. The molecule has 2 aromatic rings. The normalized spacial score (nSPS) is 13.3. The fraction of sp³-hybridized carbons (Fsp3) is 0.357. The van der Waals surface area contributed by atoms with Crippen molar-refractivity contribution in [2.75, 3.05) is 6.54 Å². The highest BCUT2D eigenvalue weighted by Gasteiger charge is 2.40. The van der Waals surface area contributed by atoms with Crippen molar-refractivity contribution < 1.29 is 13.2 Å². The van der Waals surface area contributed by atoms with E-state index < -0.39 is 12.2 Å². The number of nitrogens with one attached hydrogen (secondary N) is 1. The maximum atomic E-state index is 13.0. The molecule has 1 heterocycles. The third-order valence-electron chi connectivity index (χ3n) is 2.96. The van der Waals surface area contributed by atoms with Crippen molar-refractivity contribution in [1.29, 1.82) is 0 Å². The van der Waals surface area contributed by atoms with Gasteiger partial charge in [0.1, 0.15) is 6.04 Å². The van der Waals surface area contributed by atoms with Crippen LogP contribution in [0.5, 0.6) is 0 Å². The van der Waals surface area contributed by atoms with Crippen molar-refractivity contribution in [3.63, 3.8) is 0 Å². The van der Waals surface area contributed by atoms with Crippen LogP contribution in [-0.4, -0.2) is 22.3 Å². The van der Waals surface area contributed by atoms with Gasteiger partial charge in [0.05, 0.1) is 6.33 Å². The quantitative estimate of drug-likeness (QED) is 0.825. The number of imidazole rings is 1. The number of aromatic nitrogens is 2. The van der Waals surface area contributed by atoms with Gasteiger partial charge in [0.25, 0.3) is 0 Å². The van der Waals surface area contributed by atoms with Gasteiger partial charge in [0.15, 0.2) is 0 Å². The molecular weight excluding hydrogens is 267 g/mol. The molecule has 0 bridgehead atoms. The average molecular weight is 283 g/mol. The third-order valence-corrected chi connectivity index (χ3v) is 2.96. The molecule has 0 radical (unpaired) electrons. The molecule has 0 unspecified atom stereocenters. The van der Waals surface area contributed by atoms with Crippen LogP contribution in [0.2, 0.25) is 0 Å². The summed E-state index contributed by atoms with van der Waals surface area (Å²) in [7, 11) is 0. The first-order chi connectivity index (χ1) is 9.57. The fourth-order valence-electron chi connectivity index (χ4n) is 2.00. The van der Waals surface area contributed by atoms with Gasteiger partial charge < -0.3 is 9.88 Å². The highest BCUT2D eigenvalue weighted by Crippen LogP contribution is 2.32. The minimum absolute atomic E-state index is 0.239. The summed E-state index contributed by atoms with van der Waals surface area (Å²) in [5.74, 6) is 0. The molecule has 1 aromatic heterocycles. The molecule has 3 nitrogen and oxygen atoms in total. The molecule has 0 aliphatic heterocycles. The van der Waals surface area contributed by atoms with Gasteiger partial charge in [0, 0.05) is 18.9 Å². The van der Waals surface area contributed by atoms with Crippen LogP contribution in [0.4, 0.5) is 13.2 Å². The summed E-state index contributed by atoms with van der Waals surface area (Å²) < 4.78 is 40.9. The molecule has 0 fully saturated rings. The van der Waals surface area contributed by atoms with Crippen LogP contribution < -0.4 is 5.32 Å². The monoisotopic (exact) mass is 283 g/mol. The Morgan fingerprint density at radius 1 is 1.20 bits per heavy atom. The number of alkyl halides is 3. The van der Waals surface area contributed by atoms with Crippen LogP contribution in [0.3, 0.4) is 0 Å². The number of benzene rings is 1. The van der Waals surface area contributed by atoms with Crippen LogP contribution in [-0.2, 0) is 6.54 Å². The van der Waals surface area contributed by atoms with Gasteiger partial charge in [-0.25, -0.2) is 4.98 Å². The predicted molar refractivity (Wildman–Crippen MR) is 70.1 cm³/mol. The summed E-state index contributed by atoms with van der Waals surface area (Å²) in [6.07, 6.45) is 1.40. The summed E-state index contributed by atoms with van der Waals surface area (Å²) in [4.78, 5) is 3.89. The Bertz CT molecular complexity index is 494. The van der Waals surface area contributed by atoms with Crippen LogP contribution >= 0.6 is 0 Å². The fourth-order valence-corrected chi connectivity index (χ4v) is 2.00. The molecule has 0 amide bonds. The molecule has 0 saturated carbocycles. The molecule has 1 N–H and O–H groups in total. The third kappa shape index (κ3) is 4.09. The zero-order valence-electron chi connectivity index (χ0n) is 10.8. The first-order valence-electron chi connectivity index (χ1n) is 6.38. The summed E-state index contributed by atoms with van der Waals surface area (Å²) >= 11 is 0. The predicted octanol–water partition coefficient (Wildman–Crippen LogP) is 3.17. The Morgan fingerprint density at radius 3 is 2.55 bits per heavy atom. The Morgan fingerprint density at radius 2 is 1.95 bits per heavy atom. The van der Waals surface area contributed by atoms with Crippen molar-refractivity contribution in [1.82, 2.24) is 14.9 Å². The molecule has 6 heteroatoms. The van der Waals surface area contributed by atoms with Crippen LogP contribution in [0.25, 0.3) is 0 Å². The second kappa shape index (κ2) is 6.56. The van der Waals surface area contributed by atoms with Gasteiger partial charge in [-0.2, -0.15) is 13.2 Å². The van der Waals surface area contributed by atoms with E-state index in [2.05, 4.69) is 10.3 Å². The molecule has 2 rings (SSSR count). The summed E-state index contributed by atoms with van der Waals surface area (Å²) in [6, 6.07) is 6.28. The molecule has 108 valence electrons. The first kappa shape index (κ1) is 14.6. The lowest BCUT2D eigenvalue weighted by molar-refractivity contribution is -0.157. The van der Waals surface area contributed by atoms with E-state index in [9.17, 15) is 13.2 Å². The van der Waals surface area contributed by atoms with Gasteiger partial charge in [-0.15, -0.1) is 0 Å².